The van der Waals surface area contributed by atoms with Gasteiger partial charge in [-0.3, -0.25) is 9.69 Å². The van der Waals surface area contributed by atoms with Gasteiger partial charge in [0, 0.05) is 13.1 Å². The Morgan fingerprint density at radius 3 is 2.79 bits per heavy atom. The Morgan fingerprint density at radius 2 is 2.29 bits per heavy atom. The minimum Gasteiger partial charge on any atom is -0.456 e. The minimum atomic E-state index is -1.22. The zero-order valence-electron chi connectivity index (χ0n) is 10.3. The Hall–Kier alpha value is -0.830. The van der Waals surface area contributed by atoms with Crippen LogP contribution in [-0.4, -0.2) is 37.1 Å². The monoisotopic (exact) mass is 198 g/mol. The van der Waals surface area contributed by atoms with Crippen LogP contribution in [0.1, 0.15) is 22.1 Å². The fourth-order valence-electron chi connectivity index (χ4n) is 1.09. The highest BCUT2D eigenvalue weighted by atomic mass is 16.5. The molecule has 1 heterocycles. The molecule has 0 spiro atoms. The third-order valence-electron chi connectivity index (χ3n) is 1.98. The smallest absolute Gasteiger partial charge is 0.311 e. The van der Waals surface area contributed by atoms with Gasteiger partial charge in [-0.2, -0.15) is 0 Å². The number of carbonyl (C=O) groups excluding carboxylic acids is 1. The molecule has 0 amide bonds. The van der Waals surface area contributed by atoms with Crippen molar-refractivity contribution in [1.29, 1.82) is 0 Å². The molecule has 0 aromatic rings. The van der Waals surface area contributed by atoms with E-state index in [1.807, 2.05) is 18.0 Å². The topological polar surface area (TPSA) is 29.5 Å². The van der Waals surface area contributed by atoms with Crippen molar-refractivity contribution in [2.24, 2.45) is 5.41 Å². The second kappa shape index (κ2) is 4.13. The van der Waals surface area contributed by atoms with Gasteiger partial charge in [0.15, 0.2) is 0 Å². The van der Waals surface area contributed by atoms with Crippen LogP contribution in [-0.2, 0) is 9.53 Å². The normalized spacial score (nSPS) is 29.9. The predicted molar refractivity (Wildman–Crippen MR) is 56.0 cm³/mol. The lowest BCUT2D eigenvalue weighted by atomic mass is 9.97. The van der Waals surface area contributed by atoms with Crippen molar-refractivity contribution in [2.45, 2.75) is 26.9 Å². The highest BCUT2D eigenvalue weighted by molar-refractivity contribution is 5.75. The van der Waals surface area contributed by atoms with Gasteiger partial charge in [-0.25, -0.2) is 0 Å². The molecule has 0 radical (unpaired) electrons. The zero-order chi connectivity index (χ0) is 11.7. The first-order valence-corrected chi connectivity index (χ1v) is 4.83. The van der Waals surface area contributed by atoms with Crippen LogP contribution in [0, 0.1) is 5.41 Å². The van der Waals surface area contributed by atoms with Crippen LogP contribution in [0.25, 0.3) is 0 Å². The first-order chi connectivity index (χ1) is 6.73. The van der Waals surface area contributed by atoms with E-state index in [9.17, 15) is 4.79 Å². The summed E-state index contributed by atoms with van der Waals surface area (Å²) in [6, 6.07) is 0. The van der Waals surface area contributed by atoms with E-state index < -0.39 is 11.5 Å². The van der Waals surface area contributed by atoms with E-state index in [1.165, 1.54) is 0 Å². The summed E-state index contributed by atoms with van der Waals surface area (Å²) < 4.78 is 13.2. The predicted octanol–water partition coefficient (Wildman–Crippen LogP) is 1.45. The lowest BCUT2D eigenvalue weighted by Gasteiger charge is -2.27. The lowest BCUT2D eigenvalue weighted by molar-refractivity contribution is -0.157. The molecule has 0 saturated heterocycles. The van der Waals surface area contributed by atoms with Gasteiger partial charge in [0.1, 0.15) is 6.08 Å². The summed E-state index contributed by atoms with van der Waals surface area (Å²) >= 11 is 0. The molecule has 3 heteroatoms. The summed E-state index contributed by atoms with van der Waals surface area (Å²) in [5.74, 6) is -0.336. The van der Waals surface area contributed by atoms with Crippen molar-refractivity contribution in [3.8, 4) is 0 Å². The molecule has 0 aliphatic carbocycles. The van der Waals surface area contributed by atoms with Gasteiger partial charge in [-0.15, -0.1) is 0 Å². The van der Waals surface area contributed by atoms with E-state index >= 15 is 0 Å². The maximum Gasteiger partial charge on any atom is 0.311 e. The fraction of sp³-hybridized carbons (Fsp3) is 0.727. The van der Waals surface area contributed by atoms with E-state index in [4.69, 9.17) is 6.11 Å². The molecule has 0 aromatic carbocycles. The van der Waals surface area contributed by atoms with Crippen molar-refractivity contribution in [3.63, 3.8) is 0 Å². The van der Waals surface area contributed by atoms with Crippen molar-refractivity contribution in [2.75, 3.05) is 20.1 Å². The maximum atomic E-state index is 11.7. The molecule has 0 N–H and O–H groups in total. The molecule has 3 nitrogen and oxygen atoms in total. The number of hydrogen-bond donors (Lipinski definition) is 0. The molecule has 1 aliphatic rings. The summed E-state index contributed by atoms with van der Waals surface area (Å²) in [5.41, 5.74) is -0.558. The van der Waals surface area contributed by atoms with E-state index in [0.29, 0.717) is 6.54 Å². The average Bonchev–Trinajstić information content (AvgIpc) is 2.00. The van der Waals surface area contributed by atoms with Crippen molar-refractivity contribution in [1.82, 2.24) is 4.90 Å². The maximum absolute atomic E-state index is 11.7. The van der Waals surface area contributed by atoms with E-state index in [-0.39, 0.29) is 5.97 Å². The highest BCUT2D eigenvalue weighted by Crippen LogP contribution is 2.17. The highest BCUT2D eigenvalue weighted by Gasteiger charge is 2.26. The van der Waals surface area contributed by atoms with Gasteiger partial charge in [0.05, 0.1) is 6.79 Å². The third kappa shape index (κ3) is 3.14. The number of ether oxygens (including phenoxy) is 1. The second-order valence-electron chi connectivity index (χ2n) is 4.70. The number of nitrogens with zero attached hydrogens (tertiary/aromatic N) is 1. The van der Waals surface area contributed by atoms with Crippen molar-refractivity contribution in [3.05, 3.63) is 12.2 Å². The molecule has 1 aliphatic heterocycles. The van der Waals surface area contributed by atoms with Crippen LogP contribution in [0.3, 0.4) is 0 Å². The summed E-state index contributed by atoms with van der Waals surface area (Å²) in [6.45, 7) is 6.58. The molecule has 0 aromatic heterocycles. The van der Waals surface area contributed by atoms with Gasteiger partial charge in [-0.05, 0) is 33.9 Å². The number of carbonyl (C=O) groups is 1. The Bertz CT molecular complexity index is 283. The van der Waals surface area contributed by atoms with E-state index in [2.05, 4.69) is 0 Å². The summed E-state index contributed by atoms with van der Waals surface area (Å²) in [7, 11) is 1.90. The largest absolute Gasteiger partial charge is 0.456 e. The Morgan fingerprint density at radius 1 is 1.64 bits per heavy atom. The van der Waals surface area contributed by atoms with Crippen molar-refractivity contribution < 1.29 is 10.9 Å². The molecular formula is C11H19NO2. The number of likely N-dealkylation sites (N-methyl/N-ethyl adjacent to an activating group) is 1. The summed E-state index contributed by atoms with van der Waals surface area (Å²) in [5, 5.41) is 0. The fourth-order valence-corrected chi connectivity index (χ4v) is 1.09. The average molecular weight is 198 g/mol. The van der Waals surface area contributed by atoms with Crippen LogP contribution < -0.4 is 0 Å². The number of esters is 1. The first-order valence-electron chi connectivity index (χ1n) is 5.33. The van der Waals surface area contributed by atoms with Crippen LogP contribution in [0.15, 0.2) is 12.2 Å². The van der Waals surface area contributed by atoms with Crippen LogP contribution in [0.2, 0.25) is 0 Å². The molecule has 1 atom stereocenters. The zero-order valence-corrected chi connectivity index (χ0v) is 9.33. The van der Waals surface area contributed by atoms with Gasteiger partial charge >= 0.3 is 5.97 Å². The molecule has 0 saturated carbocycles. The van der Waals surface area contributed by atoms with Crippen LogP contribution >= 0.6 is 0 Å². The van der Waals surface area contributed by atoms with Crippen molar-refractivity contribution >= 4 is 5.97 Å². The third-order valence-corrected chi connectivity index (χ3v) is 1.98. The molecule has 80 valence electrons. The number of hydrogen-bond acceptors (Lipinski definition) is 3. The van der Waals surface area contributed by atoms with Gasteiger partial charge in [-0.1, -0.05) is 6.08 Å². The van der Waals surface area contributed by atoms with Gasteiger partial charge in [0.2, 0.25) is 0 Å². The summed E-state index contributed by atoms with van der Waals surface area (Å²) in [6.07, 6.45) is 2.28. The molecular weight excluding hydrogens is 178 g/mol. The first kappa shape index (κ1) is 9.71. The molecule has 0 bridgehead atoms. The van der Waals surface area contributed by atoms with Gasteiger partial charge in [0.25, 0.3) is 0 Å². The van der Waals surface area contributed by atoms with Crippen LogP contribution in [0.4, 0.5) is 0 Å². The van der Waals surface area contributed by atoms with E-state index in [1.54, 1.807) is 26.8 Å². The molecule has 14 heavy (non-hydrogen) atoms. The molecule has 1 unspecified atom stereocenters. The molecule has 1 rings (SSSR count). The Labute approximate surface area is 87.1 Å². The quantitative estimate of drug-likeness (QED) is 0.472. The summed E-state index contributed by atoms with van der Waals surface area (Å²) in [4.78, 5) is 13.6. The Balaban J connectivity index is 2.68. The standard InChI is InChI=1S/C11H19NO2/c1-11(2,3)10(13)14-9-6-5-7-12(4)8-9/h5-6,9H,7-8H2,1-4H3/i9D. The molecule has 0 fully saturated rings. The van der Waals surface area contributed by atoms with E-state index in [0.717, 1.165) is 6.54 Å². The second-order valence-corrected chi connectivity index (χ2v) is 4.70. The lowest BCUT2D eigenvalue weighted by Crippen LogP contribution is -2.37. The van der Waals surface area contributed by atoms with Gasteiger partial charge < -0.3 is 4.74 Å². The number of rotatable bonds is 1. The minimum absolute atomic E-state index is 0.336. The Kier molecular flexibility index (Phi) is 2.87. The SMILES string of the molecule is [2H]C1(OC(=O)C(C)(C)C)C=CCN(C)C1. The van der Waals surface area contributed by atoms with Crippen LogP contribution in [0.5, 0.6) is 0 Å².